The van der Waals surface area contributed by atoms with Gasteiger partial charge in [0.2, 0.25) is 0 Å². The molecule has 0 aromatic carbocycles. The Bertz CT molecular complexity index is 588. The van der Waals surface area contributed by atoms with Gasteiger partial charge in [0.1, 0.15) is 0 Å². The Morgan fingerprint density at radius 3 is 2.50 bits per heavy atom. The molecule has 5 unspecified atom stereocenters. The quantitative estimate of drug-likeness (QED) is 0.636. The molecule has 28 heavy (non-hydrogen) atoms. The molecule has 3 heteroatoms. The van der Waals surface area contributed by atoms with Gasteiger partial charge in [0.25, 0.3) is 0 Å². The van der Waals surface area contributed by atoms with Crippen LogP contribution >= 0.6 is 0 Å². The van der Waals surface area contributed by atoms with E-state index in [1.165, 1.54) is 58.5 Å². The molecular formula is C25H42O3. The van der Waals surface area contributed by atoms with Crippen molar-refractivity contribution >= 4 is 5.97 Å². The molecule has 3 nitrogen and oxygen atoms in total. The second kappa shape index (κ2) is 7.60. The van der Waals surface area contributed by atoms with Crippen LogP contribution in [0.4, 0.5) is 0 Å². The minimum absolute atomic E-state index is 0.0343. The van der Waals surface area contributed by atoms with Gasteiger partial charge in [-0.05, 0) is 111 Å². The molecule has 4 aliphatic rings. The van der Waals surface area contributed by atoms with Crippen LogP contribution in [0.5, 0.6) is 0 Å². The number of fused-ring (bicyclic) bond motifs is 5. The Hall–Kier alpha value is -0.570. The third-order valence-corrected chi connectivity index (χ3v) is 10.4. The van der Waals surface area contributed by atoms with E-state index in [1.807, 2.05) is 6.92 Å². The van der Waals surface area contributed by atoms with E-state index in [9.17, 15) is 9.90 Å². The molecule has 0 aliphatic heterocycles. The summed E-state index contributed by atoms with van der Waals surface area (Å²) in [5.74, 6) is 4.18. The number of methoxy groups -OCH3 is 1. The number of esters is 1. The molecule has 0 amide bonds. The van der Waals surface area contributed by atoms with Crippen molar-refractivity contribution in [2.45, 2.75) is 97.5 Å². The number of aliphatic hydroxyl groups excluding tert-OH is 1. The van der Waals surface area contributed by atoms with Crippen LogP contribution in [-0.4, -0.2) is 24.3 Å². The number of carbonyl (C=O) groups excluding carboxylic acids is 1. The number of rotatable bonds is 4. The predicted octanol–water partition coefficient (Wildman–Crippen LogP) is 5.60. The van der Waals surface area contributed by atoms with E-state index in [4.69, 9.17) is 4.74 Å². The average molecular weight is 391 g/mol. The van der Waals surface area contributed by atoms with Crippen LogP contribution < -0.4 is 0 Å². The van der Waals surface area contributed by atoms with Crippen LogP contribution in [0.3, 0.4) is 0 Å². The first-order valence-corrected chi connectivity index (χ1v) is 12.1. The Morgan fingerprint density at radius 2 is 1.75 bits per heavy atom. The summed E-state index contributed by atoms with van der Waals surface area (Å²) in [6.45, 7) is 7.19. The summed E-state index contributed by atoms with van der Waals surface area (Å²) < 4.78 is 4.94. The summed E-state index contributed by atoms with van der Waals surface area (Å²) >= 11 is 0. The minimum Gasteiger partial charge on any atom is -0.469 e. The first-order chi connectivity index (χ1) is 13.3. The fraction of sp³-hybridized carbons (Fsp3) is 0.960. The molecule has 0 heterocycles. The van der Waals surface area contributed by atoms with Gasteiger partial charge < -0.3 is 9.84 Å². The van der Waals surface area contributed by atoms with E-state index >= 15 is 0 Å². The van der Waals surface area contributed by atoms with Gasteiger partial charge in [-0.25, -0.2) is 0 Å². The lowest BCUT2D eigenvalue weighted by Crippen LogP contribution is -2.53. The van der Waals surface area contributed by atoms with E-state index in [0.29, 0.717) is 10.8 Å². The molecule has 0 radical (unpaired) electrons. The van der Waals surface area contributed by atoms with Crippen molar-refractivity contribution in [2.75, 3.05) is 7.11 Å². The van der Waals surface area contributed by atoms with Crippen molar-refractivity contribution in [3.8, 4) is 0 Å². The third-order valence-electron chi connectivity index (χ3n) is 10.4. The third kappa shape index (κ3) is 3.24. The van der Waals surface area contributed by atoms with Crippen LogP contribution in [0.25, 0.3) is 0 Å². The van der Waals surface area contributed by atoms with Crippen LogP contribution in [0, 0.1) is 46.3 Å². The normalized spacial score (nSPS) is 48.9. The van der Waals surface area contributed by atoms with Gasteiger partial charge in [0, 0.05) is 0 Å². The molecule has 0 bridgehead atoms. The maximum absolute atomic E-state index is 11.8. The standard InChI is InChI=1S/C25H42O3/c1-16(23(27)28-4)5-6-17-8-10-21-20-9-7-18-15-19(26)11-13-25(18,3)22(20)12-14-24(17,21)2/h16-22,26H,5-15H2,1-4H3/t16-,17-,18?,19+,20?,21?,22?,24+,25?/m0/s1. The molecule has 0 saturated heterocycles. The highest BCUT2D eigenvalue weighted by atomic mass is 16.5. The molecular weight excluding hydrogens is 348 g/mol. The molecule has 4 saturated carbocycles. The number of ether oxygens (including phenoxy) is 1. The molecule has 0 aromatic heterocycles. The summed E-state index contributed by atoms with van der Waals surface area (Å²) in [7, 11) is 1.51. The summed E-state index contributed by atoms with van der Waals surface area (Å²) in [4.78, 5) is 11.8. The zero-order valence-corrected chi connectivity index (χ0v) is 18.6. The van der Waals surface area contributed by atoms with E-state index in [2.05, 4.69) is 13.8 Å². The van der Waals surface area contributed by atoms with E-state index in [1.54, 1.807) is 0 Å². The Labute approximate surface area is 172 Å². The highest BCUT2D eigenvalue weighted by molar-refractivity contribution is 5.71. The Morgan fingerprint density at radius 1 is 1.04 bits per heavy atom. The second-order valence-electron chi connectivity index (χ2n) is 11.4. The summed E-state index contributed by atoms with van der Waals surface area (Å²) in [6.07, 6.45) is 13.7. The number of aliphatic hydroxyl groups is 1. The smallest absolute Gasteiger partial charge is 0.308 e. The maximum Gasteiger partial charge on any atom is 0.308 e. The number of carbonyl (C=O) groups is 1. The van der Waals surface area contributed by atoms with Gasteiger partial charge >= 0.3 is 5.97 Å². The fourth-order valence-corrected chi connectivity index (χ4v) is 8.59. The van der Waals surface area contributed by atoms with Crippen molar-refractivity contribution in [3.63, 3.8) is 0 Å². The molecule has 160 valence electrons. The minimum atomic E-state index is -0.0471. The SMILES string of the molecule is COC(=O)[C@@H](C)CC[C@H]1CCC2C3CCC4C[C@H](O)CCC4(C)C3CC[C@@]21C. The Balaban J connectivity index is 1.45. The molecule has 4 aliphatic carbocycles. The van der Waals surface area contributed by atoms with Crippen molar-refractivity contribution in [1.82, 2.24) is 0 Å². The lowest BCUT2D eigenvalue weighted by Gasteiger charge is -2.61. The van der Waals surface area contributed by atoms with Crippen molar-refractivity contribution in [1.29, 1.82) is 0 Å². The van der Waals surface area contributed by atoms with Gasteiger partial charge in [0.15, 0.2) is 0 Å². The topological polar surface area (TPSA) is 46.5 Å². The van der Waals surface area contributed by atoms with Crippen LogP contribution in [0.1, 0.15) is 91.4 Å². The predicted molar refractivity (Wildman–Crippen MR) is 112 cm³/mol. The highest BCUT2D eigenvalue weighted by Gasteiger charge is 2.59. The van der Waals surface area contributed by atoms with Crippen LogP contribution in [0.2, 0.25) is 0 Å². The molecule has 9 atom stereocenters. The lowest BCUT2D eigenvalue weighted by atomic mass is 9.44. The van der Waals surface area contributed by atoms with Crippen LogP contribution in [0.15, 0.2) is 0 Å². The summed E-state index contributed by atoms with van der Waals surface area (Å²) in [6, 6.07) is 0. The second-order valence-corrected chi connectivity index (χ2v) is 11.4. The number of hydrogen-bond donors (Lipinski definition) is 1. The molecule has 4 fully saturated rings. The van der Waals surface area contributed by atoms with Gasteiger partial charge in [-0.3, -0.25) is 4.79 Å². The maximum atomic E-state index is 11.8. The van der Waals surface area contributed by atoms with E-state index < -0.39 is 0 Å². The summed E-state index contributed by atoms with van der Waals surface area (Å²) in [5, 5.41) is 10.2. The van der Waals surface area contributed by atoms with E-state index in [-0.39, 0.29) is 18.0 Å². The lowest BCUT2D eigenvalue weighted by molar-refractivity contribution is -0.145. The van der Waals surface area contributed by atoms with E-state index in [0.717, 1.165) is 48.9 Å². The zero-order valence-electron chi connectivity index (χ0n) is 18.6. The van der Waals surface area contributed by atoms with Crippen molar-refractivity contribution in [2.24, 2.45) is 46.3 Å². The molecule has 4 rings (SSSR count). The summed E-state index contributed by atoms with van der Waals surface area (Å²) in [5.41, 5.74) is 0.954. The van der Waals surface area contributed by atoms with Crippen LogP contribution in [-0.2, 0) is 9.53 Å². The Kier molecular flexibility index (Phi) is 5.61. The zero-order chi connectivity index (χ0) is 20.1. The van der Waals surface area contributed by atoms with Gasteiger partial charge in [-0.15, -0.1) is 0 Å². The average Bonchev–Trinajstić information content (AvgIpc) is 3.02. The first-order valence-electron chi connectivity index (χ1n) is 12.1. The van der Waals surface area contributed by atoms with Crippen molar-refractivity contribution < 1.29 is 14.6 Å². The van der Waals surface area contributed by atoms with Gasteiger partial charge in [-0.1, -0.05) is 20.8 Å². The first kappa shape index (κ1) is 20.7. The van der Waals surface area contributed by atoms with Gasteiger partial charge in [0.05, 0.1) is 19.1 Å². The molecule has 0 spiro atoms. The fourth-order valence-electron chi connectivity index (χ4n) is 8.59. The number of hydrogen-bond acceptors (Lipinski definition) is 3. The van der Waals surface area contributed by atoms with Crippen molar-refractivity contribution in [3.05, 3.63) is 0 Å². The molecule has 1 N–H and O–H groups in total. The molecule has 0 aromatic rings. The largest absolute Gasteiger partial charge is 0.469 e. The highest BCUT2D eigenvalue weighted by Crippen LogP contribution is 2.67. The monoisotopic (exact) mass is 390 g/mol. The van der Waals surface area contributed by atoms with Gasteiger partial charge in [-0.2, -0.15) is 0 Å².